The van der Waals surface area contributed by atoms with Crippen LogP contribution in [0.4, 0.5) is 11.4 Å². The number of rotatable bonds is 24. The molecule has 0 heterocycles. The number of esters is 1. The van der Waals surface area contributed by atoms with E-state index in [1.807, 2.05) is 55.5 Å². The van der Waals surface area contributed by atoms with Crippen molar-refractivity contribution in [2.24, 2.45) is 10.2 Å². The Kier molecular flexibility index (Phi) is 22.4. The van der Waals surface area contributed by atoms with Gasteiger partial charge in [-0.1, -0.05) is 120 Å². The Morgan fingerprint density at radius 2 is 1.07 bits per heavy atom. The summed E-state index contributed by atoms with van der Waals surface area (Å²) in [5.74, 6) is 13.0. The smallest absolute Gasteiger partial charge is 0.305 e. The average molecular weight is 613 g/mol. The van der Waals surface area contributed by atoms with Gasteiger partial charge < -0.3 is 9.47 Å². The Hall–Kier alpha value is -3.57. The van der Waals surface area contributed by atoms with E-state index in [2.05, 4.69) is 40.8 Å². The van der Waals surface area contributed by atoms with Gasteiger partial charge in [0, 0.05) is 19.3 Å². The van der Waals surface area contributed by atoms with Crippen molar-refractivity contribution in [1.82, 2.24) is 0 Å². The molecule has 0 bridgehead atoms. The lowest BCUT2D eigenvalue weighted by atomic mass is 10.1. The summed E-state index contributed by atoms with van der Waals surface area (Å²) in [7, 11) is 0. The molecule has 2 rings (SSSR count). The molecule has 0 aliphatic rings. The van der Waals surface area contributed by atoms with Gasteiger partial charge in [-0.2, -0.15) is 10.2 Å². The summed E-state index contributed by atoms with van der Waals surface area (Å²) in [5.41, 5.74) is 2.75. The van der Waals surface area contributed by atoms with E-state index in [-0.39, 0.29) is 12.6 Å². The second kappa shape index (κ2) is 26.8. The molecule has 0 saturated heterocycles. The maximum absolute atomic E-state index is 12.0. The molecule has 2 aromatic carbocycles. The number of hydrogen-bond donors (Lipinski definition) is 0. The number of carbonyl (C=O) groups is 1. The van der Waals surface area contributed by atoms with Gasteiger partial charge in [0.2, 0.25) is 0 Å². The number of aryl methyl sites for hydroxylation is 1. The highest BCUT2D eigenvalue weighted by Gasteiger charge is 2.03. The first-order valence-corrected chi connectivity index (χ1v) is 17.5. The monoisotopic (exact) mass is 612 g/mol. The molecule has 0 spiro atoms. The van der Waals surface area contributed by atoms with Crippen LogP contribution >= 0.6 is 0 Å². The first-order chi connectivity index (χ1) is 22.2. The van der Waals surface area contributed by atoms with E-state index in [0.29, 0.717) is 18.8 Å². The van der Waals surface area contributed by atoms with Crippen molar-refractivity contribution in [2.45, 2.75) is 136 Å². The predicted octanol–water partition coefficient (Wildman–Crippen LogP) is 11.8. The van der Waals surface area contributed by atoms with Crippen molar-refractivity contribution in [2.75, 3.05) is 13.2 Å². The first-order valence-electron chi connectivity index (χ1n) is 17.5. The molecule has 0 radical (unpaired) electrons. The summed E-state index contributed by atoms with van der Waals surface area (Å²) in [4.78, 5) is 12.0. The van der Waals surface area contributed by atoms with Crippen molar-refractivity contribution in [1.29, 1.82) is 0 Å². The van der Waals surface area contributed by atoms with E-state index >= 15 is 0 Å². The van der Waals surface area contributed by atoms with Crippen LogP contribution in [0.2, 0.25) is 0 Å². The lowest BCUT2D eigenvalue weighted by Crippen LogP contribution is -2.11. The zero-order valence-corrected chi connectivity index (χ0v) is 28.1. The Morgan fingerprint density at radius 1 is 0.600 bits per heavy atom. The Balaban J connectivity index is 1.35. The van der Waals surface area contributed by atoms with E-state index in [4.69, 9.17) is 9.47 Å². The van der Waals surface area contributed by atoms with Gasteiger partial charge in [0.25, 0.3) is 0 Å². The number of benzene rings is 2. The topological polar surface area (TPSA) is 60.2 Å². The summed E-state index contributed by atoms with van der Waals surface area (Å²) < 4.78 is 11.0. The maximum Gasteiger partial charge on any atom is 0.305 e. The van der Waals surface area contributed by atoms with Crippen LogP contribution in [-0.4, -0.2) is 19.2 Å². The maximum atomic E-state index is 12.0. The molecule has 0 unspecified atom stereocenters. The second-order valence-electron chi connectivity index (χ2n) is 11.8. The van der Waals surface area contributed by atoms with Gasteiger partial charge in [-0.05, 0) is 74.4 Å². The molecule has 5 nitrogen and oxygen atoms in total. The van der Waals surface area contributed by atoms with Gasteiger partial charge in [0.15, 0.2) is 0 Å². The third-order valence-electron chi connectivity index (χ3n) is 7.59. The highest BCUT2D eigenvalue weighted by molar-refractivity contribution is 5.69. The van der Waals surface area contributed by atoms with Crippen LogP contribution in [-0.2, 0) is 9.53 Å². The molecule has 244 valence electrons. The molecule has 45 heavy (non-hydrogen) atoms. The van der Waals surface area contributed by atoms with Crippen molar-refractivity contribution in [3.63, 3.8) is 0 Å². The highest BCUT2D eigenvalue weighted by Crippen LogP contribution is 2.21. The Bertz CT molecular complexity index is 1180. The van der Waals surface area contributed by atoms with Gasteiger partial charge >= 0.3 is 5.97 Å². The molecule has 0 aliphatic carbocycles. The van der Waals surface area contributed by atoms with Crippen LogP contribution < -0.4 is 4.74 Å². The lowest BCUT2D eigenvalue weighted by molar-refractivity contribution is -0.144. The van der Waals surface area contributed by atoms with Crippen LogP contribution in [0.1, 0.15) is 134 Å². The van der Waals surface area contributed by atoms with Gasteiger partial charge in [0.1, 0.15) is 19.0 Å². The van der Waals surface area contributed by atoms with Gasteiger partial charge in [0.05, 0.1) is 11.4 Å². The van der Waals surface area contributed by atoms with E-state index in [1.54, 1.807) is 0 Å². The fourth-order valence-corrected chi connectivity index (χ4v) is 4.83. The largest absolute Gasteiger partial charge is 0.490 e. The SMILES string of the molecule is CCCCCCCCCCCCC#CC#CCCCCCCCCC(=O)OCCOc1ccc(N=Nc2ccc(C)cc2)cc1. The standard InChI is InChI=1S/C40H56N2O3/c1-3-4-5-6-7-8-9-10-11-12-13-14-15-16-17-18-19-20-21-22-23-24-25-40(43)45-35-34-44-39-32-30-38(31-33-39)42-41-37-28-26-36(2)27-29-37/h26-33H,3-13,18-25,34-35H2,1-2H3. The van der Waals surface area contributed by atoms with Crippen LogP contribution in [0.3, 0.4) is 0 Å². The molecule has 5 heteroatoms. The second-order valence-corrected chi connectivity index (χ2v) is 11.8. The van der Waals surface area contributed by atoms with E-state index < -0.39 is 0 Å². The normalized spacial score (nSPS) is 10.6. The van der Waals surface area contributed by atoms with Gasteiger partial charge in [-0.25, -0.2) is 0 Å². The Morgan fingerprint density at radius 3 is 1.60 bits per heavy atom. The van der Waals surface area contributed by atoms with Crippen LogP contribution in [0, 0.1) is 30.6 Å². The Labute approximate surface area is 274 Å². The number of ether oxygens (including phenoxy) is 2. The van der Waals surface area contributed by atoms with Crippen LogP contribution in [0.25, 0.3) is 0 Å². The summed E-state index contributed by atoms with van der Waals surface area (Å²) in [6.45, 7) is 4.89. The molecular formula is C40H56N2O3. The molecule has 0 saturated carbocycles. The van der Waals surface area contributed by atoms with Crippen LogP contribution in [0.5, 0.6) is 5.75 Å². The minimum atomic E-state index is -0.157. The first kappa shape index (κ1) is 37.6. The zero-order chi connectivity index (χ0) is 32.0. The third kappa shape index (κ3) is 21.7. The summed E-state index contributed by atoms with van der Waals surface area (Å²) >= 11 is 0. The number of carbonyl (C=O) groups excluding carboxylic acids is 1. The number of nitrogens with zero attached hydrogens (tertiary/aromatic N) is 2. The highest BCUT2D eigenvalue weighted by atomic mass is 16.6. The molecule has 0 amide bonds. The van der Waals surface area contributed by atoms with Crippen molar-refractivity contribution in [3.05, 3.63) is 54.1 Å². The summed E-state index contributed by atoms with van der Waals surface area (Å²) in [6, 6.07) is 15.3. The molecule has 0 atom stereocenters. The van der Waals surface area contributed by atoms with Crippen molar-refractivity contribution >= 4 is 17.3 Å². The van der Waals surface area contributed by atoms with Crippen molar-refractivity contribution < 1.29 is 14.3 Å². The molecule has 0 aromatic heterocycles. The molecule has 0 N–H and O–H groups in total. The minimum Gasteiger partial charge on any atom is -0.490 e. The minimum absolute atomic E-state index is 0.157. The molecule has 0 aliphatic heterocycles. The number of azo groups is 1. The fourth-order valence-electron chi connectivity index (χ4n) is 4.83. The van der Waals surface area contributed by atoms with Gasteiger partial charge in [-0.3, -0.25) is 4.79 Å². The zero-order valence-electron chi connectivity index (χ0n) is 28.1. The van der Waals surface area contributed by atoms with Crippen molar-refractivity contribution in [3.8, 4) is 29.4 Å². The molecular weight excluding hydrogens is 556 g/mol. The quantitative estimate of drug-likeness (QED) is 0.0513. The number of hydrogen-bond acceptors (Lipinski definition) is 5. The summed E-state index contributed by atoms with van der Waals surface area (Å²) in [6.07, 6.45) is 22.5. The third-order valence-corrected chi connectivity index (χ3v) is 7.59. The van der Waals surface area contributed by atoms with Gasteiger partial charge in [-0.15, -0.1) is 0 Å². The lowest BCUT2D eigenvalue weighted by Gasteiger charge is -2.07. The average Bonchev–Trinajstić information content (AvgIpc) is 3.05. The van der Waals surface area contributed by atoms with E-state index in [0.717, 1.165) is 49.9 Å². The van der Waals surface area contributed by atoms with E-state index in [1.165, 1.54) is 82.6 Å². The van der Waals surface area contributed by atoms with E-state index in [9.17, 15) is 4.79 Å². The predicted molar refractivity (Wildman–Crippen MR) is 187 cm³/mol. The molecule has 0 fully saturated rings. The summed E-state index contributed by atoms with van der Waals surface area (Å²) in [5, 5.41) is 8.49. The van der Waals surface area contributed by atoms with Crippen LogP contribution in [0.15, 0.2) is 58.8 Å². The molecule has 2 aromatic rings. The number of unbranched alkanes of at least 4 members (excludes halogenated alkanes) is 16. The fraction of sp³-hybridized carbons (Fsp3) is 0.575.